The number of rotatable bonds is 0. The van der Waals surface area contributed by atoms with Crippen LogP contribution in [-0.4, -0.2) is 45.8 Å². The van der Waals surface area contributed by atoms with Gasteiger partial charge in [-0.25, -0.2) is 0 Å². The van der Waals surface area contributed by atoms with Crippen LogP contribution in [-0.2, 0) is 0 Å². The van der Waals surface area contributed by atoms with Crippen molar-refractivity contribution in [1.82, 2.24) is 4.98 Å². The lowest BCUT2D eigenvalue weighted by Crippen LogP contribution is -1.73. The molecule has 0 aliphatic heterocycles. The highest BCUT2D eigenvalue weighted by Gasteiger charge is 1.88. The molecular formula is C33H31NO8. The van der Waals surface area contributed by atoms with Crippen molar-refractivity contribution in [3.63, 3.8) is 0 Å². The van der Waals surface area contributed by atoms with Gasteiger partial charge in [-0.2, -0.15) is 0 Å². The van der Waals surface area contributed by atoms with E-state index >= 15 is 0 Å². The molecule has 9 heteroatoms. The minimum Gasteiger partial charge on any atom is -0.508 e. The molecule has 0 fully saturated rings. The van der Waals surface area contributed by atoms with E-state index in [0.717, 1.165) is 5.52 Å². The normalized spacial score (nSPS) is 9.24. The lowest BCUT2D eigenvalue weighted by atomic mass is 10.2. The van der Waals surface area contributed by atoms with E-state index in [4.69, 9.17) is 40.9 Å². The summed E-state index contributed by atoms with van der Waals surface area (Å²) >= 11 is 0. The fraction of sp³-hybridized carbons (Fsp3) is 0. The molecule has 0 spiro atoms. The van der Waals surface area contributed by atoms with Crippen molar-refractivity contribution < 1.29 is 40.9 Å². The van der Waals surface area contributed by atoms with E-state index < -0.39 is 0 Å². The summed E-state index contributed by atoms with van der Waals surface area (Å²) in [6.07, 6.45) is 1.81. The number of benzene rings is 5. The van der Waals surface area contributed by atoms with Crippen LogP contribution in [0, 0.1) is 0 Å². The predicted molar refractivity (Wildman–Crippen MR) is 161 cm³/mol. The summed E-state index contributed by atoms with van der Waals surface area (Å²) in [6, 6.07) is 34.9. The van der Waals surface area contributed by atoms with Crippen molar-refractivity contribution in [2.45, 2.75) is 0 Å². The Morgan fingerprint density at radius 3 is 0.786 bits per heavy atom. The molecule has 5 aromatic carbocycles. The van der Waals surface area contributed by atoms with Crippen LogP contribution in [0.3, 0.4) is 0 Å². The molecule has 0 atom stereocenters. The average Bonchev–Trinajstić information content (AvgIpc) is 3.00. The average molecular weight is 570 g/mol. The quantitative estimate of drug-likeness (QED) is 0.0934. The van der Waals surface area contributed by atoms with Gasteiger partial charge in [0.15, 0.2) is 0 Å². The predicted octanol–water partition coefficient (Wildman–Crippen LogP) is 6.63. The van der Waals surface area contributed by atoms with Gasteiger partial charge < -0.3 is 40.9 Å². The van der Waals surface area contributed by atoms with Gasteiger partial charge in [-0.05, 0) is 109 Å². The van der Waals surface area contributed by atoms with Crippen LogP contribution in [0.1, 0.15) is 0 Å². The summed E-state index contributed by atoms with van der Waals surface area (Å²) in [4.78, 5) is 4.18. The van der Waals surface area contributed by atoms with E-state index in [2.05, 4.69) is 17.1 Å². The third kappa shape index (κ3) is 13.6. The second-order valence-electron chi connectivity index (χ2n) is 8.26. The van der Waals surface area contributed by atoms with Crippen LogP contribution in [0.25, 0.3) is 10.9 Å². The van der Waals surface area contributed by atoms with Crippen LogP contribution in [0.4, 0.5) is 0 Å². The summed E-state index contributed by atoms with van der Waals surface area (Å²) in [6.45, 7) is 0. The second-order valence-corrected chi connectivity index (χ2v) is 8.26. The van der Waals surface area contributed by atoms with Gasteiger partial charge in [0, 0.05) is 11.6 Å². The van der Waals surface area contributed by atoms with Crippen LogP contribution in [0.5, 0.6) is 46.0 Å². The molecule has 0 saturated carbocycles. The maximum atomic E-state index is 8.65. The molecule has 42 heavy (non-hydrogen) atoms. The third-order valence-corrected chi connectivity index (χ3v) is 4.91. The number of pyridine rings is 1. The Morgan fingerprint density at radius 2 is 0.524 bits per heavy atom. The van der Waals surface area contributed by atoms with Crippen molar-refractivity contribution in [1.29, 1.82) is 0 Å². The minimum atomic E-state index is 0.169. The Balaban J connectivity index is 0.000000184. The van der Waals surface area contributed by atoms with Crippen LogP contribution >= 0.6 is 0 Å². The monoisotopic (exact) mass is 569 g/mol. The van der Waals surface area contributed by atoms with Gasteiger partial charge in [-0.3, -0.25) is 4.98 Å². The van der Waals surface area contributed by atoms with Gasteiger partial charge in [0.05, 0.1) is 5.52 Å². The van der Waals surface area contributed by atoms with Crippen molar-refractivity contribution in [3.05, 3.63) is 140 Å². The number of hydrogen-bond donors (Lipinski definition) is 8. The fourth-order valence-electron chi connectivity index (χ4n) is 2.83. The van der Waals surface area contributed by atoms with Gasteiger partial charge in [0.2, 0.25) is 0 Å². The Morgan fingerprint density at radius 1 is 0.286 bits per heavy atom. The number of fused-ring (bicyclic) bond motifs is 1. The molecule has 0 amide bonds. The molecule has 0 radical (unpaired) electrons. The number of nitrogens with zero attached hydrogens (tertiary/aromatic N) is 1. The summed E-state index contributed by atoms with van der Waals surface area (Å²) in [5.74, 6) is 1.35. The van der Waals surface area contributed by atoms with Gasteiger partial charge in [0.25, 0.3) is 0 Å². The summed E-state index contributed by atoms with van der Waals surface area (Å²) in [5, 5.41) is 70.4. The molecule has 9 nitrogen and oxygen atoms in total. The van der Waals surface area contributed by atoms with Crippen LogP contribution in [0.2, 0.25) is 0 Å². The highest BCUT2D eigenvalue weighted by atomic mass is 16.3. The molecule has 216 valence electrons. The molecular weight excluding hydrogens is 538 g/mol. The number of para-hydroxylation sites is 1. The minimum absolute atomic E-state index is 0.169. The van der Waals surface area contributed by atoms with Gasteiger partial charge in [-0.15, -0.1) is 0 Å². The van der Waals surface area contributed by atoms with E-state index in [1.165, 1.54) is 102 Å². The molecule has 6 rings (SSSR count). The highest BCUT2D eigenvalue weighted by molar-refractivity contribution is 5.77. The lowest BCUT2D eigenvalue weighted by molar-refractivity contribution is 0.460. The van der Waals surface area contributed by atoms with Crippen molar-refractivity contribution in [2.75, 3.05) is 0 Å². The Kier molecular flexibility index (Phi) is 13.4. The highest BCUT2D eigenvalue weighted by Crippen LogP contribution is 2.15. The van der Waals surface area contributed by atoms with Gasteiger partial charge >= 0.3 is 0 Å². The largest absolute Gasteiger partial charge is 0.508 e. The van der Waals surface area contributed by atoms with E-state index in [1.807, 2.05) is 30.5 Å². The van der Waals surface area contributed by atoms with E-state index in [9.17, 15) is 0 Å². The molecule has 0 aliphatic carbocycles. The van der Waals surface area contributed by atoms with E-state index in [-0.39, 0.29) is 46.0 Å². The molecule has 0 unspecified atom stereocenters. The first-order valence-corrected chi connectivity index (χ1v) is 12.3. The molecule has 1 heterocycles. The van der Waals surface area contributed by atoms with Crippen molar-refractivity contribution in [2.24, 2.45) is 0 Å². The first-order chi connectivity index (χ1) is 20.1. The maximum absolute atomic E-state index is 8.65. The molecule has 0 saturated heterocycles. The first-order valence-electron chi connectivity index (χ1n) is 12.3. The number of aromatic nitrogens is 1. The summed E-state index contributed by atoms with van der Waals surface area (Å²) < 4.78 is 0. The Labute approximate surface area is 242 Å². The topological polar surface area (TPSA) is 175 Å². The number of phenols is 8. The number of phenolic OH excluding ortho intramolecular Hbond substituents is 8. The Bertz CT molecular complexity index is 1250. The zero-order chi connectivity index (χ0) is 30.7. The molecule has 1 aromatic heterocycles. The molecule has 0 aliphatic rings. The SMILES string of the molecule is Oc1ccc(O)cc1.Oc1ccc(O)cc1.Oc1ccc(O)cc1.Oc1ccc(O)cc1.c1ccc2ncccc2c1. The second kappa shape index (κ2) is 17.5. The van der Waals surface area contributed by atoms with Crippen LogP contribution < -0.4 is 0 Å². The smallest absolute Gasteiger partial charge is 0.115 e. The van der Waals surface area contributed by atoms with Gasteiger partial charge in [0.1, 0.15) is 46.0 Å². The van der Waals surface area contributed by atoms with Crippen molar-refractivity contribution in [3.8, 4) is 46.0 Å². The van der Waals surface area contributed by atoms with E-state index in [1.54, 1.807) is 0 Å². The standard InChI is InChI=1S/C9H7N.4C6H6O2/c1-2-6-9-8(4-1)5-3-7-10-9;4*7-5-1-2-6(8)4-3-5/h1-7H;4*1-4,7-8H. The zero-order valence-corrected chi connectivity index (χ0v) is 22.3. The number of aromatic hydroxyl groups is 8. The molecule has 6 aromatic rings. The zero-order valence-electron chi connectivity index (χ0n) is 22.3. The molecule has 0 bridgehead atoms. The summed E-state index contributed by atoms with van der Waals surface area (Å²) in [7, 11) is 0. The lowest BCUT2D eigenvalue weighted by Gasteiger charge is -1.91. The third-order valence-electron chi connectivity index (χ3n) is 4.91. The number of hydrogen-bond acceptors (Lipinski definition) is 9. The maximum Gasteiger partial charge on any atom is 0.115 e. The summed E-state index contributed by atoms with van der Waals surface area (Å²) in [5.41, 5.74) is 1.06. The van der Waals surface area contributed by atoms with E-state index in [0.29, 0.717) is 0 Å². The molecule has 8 N–H and O–H groups in total. The Hall–Kier alpha value is -6.09. The van der Waals surface area contributed by atoms with Gasteiger partial charge in [-0.1, -0.05) is 24.3 Å². The van der Waals surface area contributed by atoms with Crippen LogP contribution in [0.15, 0.2) is 140 Å². The fourth-order valence-corrected chi connectivity index (χ4v) is 2.83. The first kappa shape index (κ1) is 32.1. The van der Waals surface area contributed by atoms with Crippen molar-refractivity contribution >= 4 is 10.9 Å².